The fourth-order valence-corrected chi connectivity index (χ4v) is 3.75. The highest BCUT2D eigenvalue weighted by Gasteiger charge is 2.76. The van der Waals surface area contributed by atoms with E-state index in [1.807, 2.05) is 13.0 Å². The zero-order valence-electron chi connectivity index (χ0n) is 12.3. The molecule has 0 bridgehead atoms. The van der Waals surface area contributed by atoms with E-state index in [4.69, 9.17) is 9.47 Å². The number of epoxide rings is 1. The highest BCUT2D eigenvalue weighted by Crippen LogP contribution is 2.63. The zero-order chi connectivity index (χ0) is 14.2. The van der Waals surface area contributed by atoms with Crippen LogP contribution < -0.4 is 0 Å². The molecule has 3 nitrogen and oxygen atoms in total. The van der Waals surface area contributed by atoms with E-state index in [0.717, 1.165) is 32.1 Å². The van der Waals surface area contributed by atoms with Crippen LogP contribution in [0.15, 0.2) is 24.3 Å². The second-order valence-electron chi connectivity index (χ2n) is 5.74. The monoisotopic (exact) mass is 274 g/mol. The molecule has 1 saturated heterocycles. The Labute approximate surface area is 120 Å². The van der Waals surface area contributed by atoms with Crippen molar-refractivity contribution in [2.75, 3.05) is 6.61 Å². The van der Waals surface area contributed by atoms with Crippen molar-refractivity contribution in [3.63, 3.8) is 0 Å². The summed E-state index contributed by atoms with van der Waals surface area (Å²) >= 11 is 0. The van der Waals surface area contributed by atoms with E-state index in [1.165, 1.54) is 11.1 Å². The van der Waals surface area contributed by atoms with Crippen LogP contribution in [0.1, 0.15) is 50.7 Å². The summed E-state index contributed by atoms with van der Waals surface area (Å²) in [6, 6.07) is 8.37. The molecule has 1 spiro atoms. The third-order valence-electron chi connectivity index (χ3n) is 4.59. The van der Waals surface area contributed by atoms with Crippen molar-refractivity contribution in [3.8, 4) is 0 Å². The van der Waals surface area contributed by atoms with E-state index in [1.54, 1.807) is 0 Å². The number of aryl methyl sites for hydroxylation is 1. The first kappa shape index (κ1) is 13.6. The molecular formula is C17H22O3. The van der Waals surface area contributed by atoms with Gasteiger partial charge in [-0.1, -0.05) is 37.6 Å². The lowest BCUT2D eigenvalue weighted by molar-refractivity contribution is -0.150. The number of hydrogen-bond donors (Lipinski definition) is 0. The van der Waals surface area contributed by atoms with E-state index in [9.17, 15) is 4.79 Å². The zero-order valence-corrected chi connectivity index (χ0v) is 12.3. The van der Waals surface area contributed by atoms with Crippen molar-refractivity contribution >= 4 is 5.97 Å². The van der Waals surface area contributed by atoms with Crippen LogP contribution in [0, 0.1) is 0 Å². The summed E-state index contributed by atoms with van der Waals surface area (Å²) in [5.41, 5.74) is 1.35. The highest BCUT2D eigenvalue weighted by atomic mass is 16.7. The minimum Gasteiger partial charge on any atom is -0.464 e. The van der Waals surface area contributed by atoms with Crippen LogP contribution in [-0.2, 0) is 26.3 Å². The van der Waals surface area contributed by atoms with Gasteiger partial charge in [0.15, 0.2) is 5.60 Å². The third kappa shape index (κ3) is 1.72. The van der Waals surface area contributed by atoms with Crippen molar-refractivity contribution in [2.24, 2.45) is 0 Å². The summed E-state index contributed by atoms with van der Waals surface area (Å²) in [5, 5.41) is 0. The number of benzene rings is 1. The summed E-state index contributed by atoms with van der Waals surface area (Å²) in [4.78, 5) is 12.5. The van der Waals surface area contributed by atoms with Gasteiger partial charge in [0.05, 0.1) is 6.61 Å². The number of ether oxygens (including phenoxy) is 2. The van der Waals surface area contributed by atoms with Gasteiger partial charge in [-0.05, 0) is 43.7 Å². The SMILES string of the molecule is CCCC1(C(=O)OCC)OC12CCCc1ccccc12. The molecule has 0 amide bonds. The van der Waals surface area contributed by atoms with Crippen molar-refractivity contribution in [3.05, 3.63) is 35.4 Å². The number of carbonyl (C=O) groups is 1. The molecule has 0 saturated carbocycles. The maximum Gasteiger partial charge on any atom is 0.341 e. The molecule has 108 valence electrons. The molecule has 2 aliphatic rings. The minimum absolute atomic E-state index is 0.182. The van der Waals surface area contributed by atoms with Gasteiger partial charge in [0, 0.05) is 0 Å². The van der Waals surface area contributed by atoms with Crippen molar-refractivity contribution in [2.45, 2.75) is 57.2 Å². The van der Waals surface area contributed by atoms with E-state index >= 15 is 0 Å². The van der Waals surface area contributed by atoms with Crippen LogP contribution in [0.4, 0.5) is 0 Å². The number of carbonyl (C=O) groups excluding carboxylic acids is 1. The largest absolute Gasteiger partial charge is 0.464 e. The van der Waals surface area contributed by atoms with E-state index < -0.39 is 11.2 Å². The predicted molar refractivity (Wildman–Crippen MR) is 76.4 cm³/mol. The van der Waals surface area contributed by atoms with Crippen LogP contribution in [0.2, 0.25) is 0 Å². The maximum absolute atomic E-state index is 12.5. The van der Waals surface area contributed by atoms with Crippen LogP contribution in [0.5, 0.6) is 0 Å². The van der Waals surface area contributed by atoms with Gasteiger partial charge in [0.1, 0.15) is 5.60 Å². The molecule has 1 heterocycles. The molecule has 0 aromatic heterocycles. The number of rotatable bonds is 4. The molecule has 2 unspecified atom stereocenters. The normalized spacial score (nSPS) is 30.9. The molecular weight excluding hydrogens is 252 g/mol. The van der Waals surface area contributed by atoms with Gasteiger partial charge < -0.3 is 9.47 Å². The molecule has 3 rings (SSSR count). The fourth-order valence-electron chi connectivity index (χ4n) is 3.75. The lowest BCUT2D eigenvalue weighted by atomic mass is 9.74. The van der Waals surface area contributed by atoms with Gasteiger partial charge in [0.25, 0.3) is 0 Å². The van der Waals surface area contributed by atoms with E-state index in [0.29, 0.717) is 6.61 Å². The Morgan fingerprint density at radius 2 is 2.15 bits per heavy atom. The molecule has 1 aromatic rings. The summed E-state index contributed by atoms with van der Waals surface area (Å²) in [7, 11) is 0. The standard InChI is InChI=1S/C17H22O3/c1-3-11-17(15(18)19-4-2)16(20-17)12-7-9-13-8-5-6-10-14(13)16/h5-6,8,10H,3-4,7,9,11-12H2,1-2H3. The molecule has 2 atom stereocenters. The average molecular weight is 274 g/mol. The summed E-state index contributed by atoms with van der Waals surface area (Å²) in [6.07, 6.45) is 4.72. The van der Waals surface area contributed by atoms with Gasteiger partial charge in [-0.25, -0.2) is 4.79 Å². The second-order valence-corrected chi connectivity index (χ2v) is 5.74. The van der Waals surface area contributed by atoms with Crippen molar-refractivity contribution in [1.29, 1.82) is 0 Å². The maximum atomic E-state index is 12.5. The van der Waals surface area contributed by atoms with Gasteiger partial charge in [-0.3, -0.25) is 0 Å². The van der Waals surface area contributed by atoms with Gasteiger partial charge in [-0.15, -0.1) is 0 Å². The Morgan fingerprint density at radius 1 is 1.35 bits per heavy atom. The third-order valence-corrected chi connectivity index (χ3v) is 4.59. The Balaban J connectivity index is 2.00. The lowest BCUT2D eigenvalue weighted by Crippen LogP contribution is -2.36. The quantitative estimate of drug-likeness (QED) is 0.624. The molecule has 1 aromatic carbocycles. The first-order chi connectivity index (χ1) is 9.70. The van der Waals surface area contributed by atoms with E-state index in [2.05, 4.69) is 25.1 Å². The smallest absolute Gasteiger partial charge is 0.341 e. The summed E-state index contributed by atoms with van der Waals surface area (Å²) in [5.74, 6) is -0.182. The second kappa shape index (κ2) is 4.88. The number of esters is 1. The molecule has 0 radical (unpaired) electrons. The fraction of sp³-hybridized carbons (Fsp3) is 0.588. The summed E-state index contributed by atoms with van der Waals surface area (Å²) in [6.45, 7) is 4.35. The topological polar surface area (TPSA) is 38.8 Å². The Hall–Kier alpha value is -1.35. The lowest BCUT2D eigenvalue weighted by Gasteiger charge is -2.25. The van der Waals surface area contributed by atoms with Crippen LogP contribution in [-0.4, -0.2) is 18.2 Å². The van der Waals surface area contributed by atoms with Gasteiger partial charge >= 0.3 is 5.97 Å². The van der Waals surface area contributed by atoms with Crippen LogP contribution >= 0.6 is 0 Å². The molecule has 1 aliphatic heterocycles. The Morgan fingerprint density at radius 3 is 2.90 bits per heavy atom. The average Bonchev–Trinajstić information content (AvgIpc) is 3.09. The minimum atomic E-state index is -0.742. The van der Waals surface area contributed by atoms with E-state index in [-0.39, 0.29) is 5.97 Å². The van der Waals surface area contributed by atoms with Crippen LogP contribution in [0.25, 0.3) is 0 Å². The van der Waals surface area contributed by atoms with Crippen molar-refractivity contribution < 1.29 is 14.3 Å². The Kier molecular flexibility index (Phi) is 3.33. The summed E-state index contributed by atoms with van der Waals surface area (Å²) < 4.78 is 11.4. The van der Waals surface area contributed by atoms with Crippen LogP contribution in [0.3, 0.4) is 0 Å². The predicted octanol–water partition coefficient (Wildman–Crippen LogP) is 3.35. The molecule has 1 aliphatic carbocycles. The first-order valence-electron chi connectivity index (χ1n) is 7.66. The Bertz CT molecular complexity index is 525. The van der Waals surface area contributed by atoms with Gasteiger partial charge in [-0.2, -0.15) is 0 Å². The number of fused-ring (bicyclic) bond motifs is 2. The van der Waals surface area contributed by atoms with Crippen molar-refractivity contribution in [1.82, 2.24) is 0 Å². The van der Waals surface area contributed by atoms with Gasteiger partial charge in [0.2, 0.25) is 0 Å². The molecule has 1 fully saturated rings. The molecule has 3 heteroatoms. The first-order valence-corrected chi connectivity index (χ1v) is 7.66. The molecule has 20 heavy (non-hydrogen) atoms. The highest BCUT2D eigenvalue weighted by molar-refractivity contribution is 5.85. The molecule has 0 N–H and O–H groups in total. The number of hydrogen-bond acceptors (Lipinski definition) is 3.